The standard InChI is InChI=1S/C9H14ClNOS2/c1-7(11)4-5-14(12)6-8-2-3-9(10)13-8/h2-3,7H,4-6,11H2,1H3. The van der Waals surface area contributed by atoms with Crippen LogP contribution in [0.4, 0.5) is 0 Å². The first-order chi connectivity index (χ1) is 6.58. The Labute approximate surface area is 95.9 Å². The number of hydrogen-bond acceptors (Lipinski definition) is 3. The van der Waals surface area contributed by atoms with E-state index in [9.17, 15) is 4.21 Å². The molecule has 0 aliphatic rings. The maximum absolute atomic E-state index is 11.5. The summed E-state index contributed by atoms with van der Waals surface area (Å²) in [7, 11) is -0.806. The molecule has 80 valence electrons. The summed E-state index contributed by atoms with van der Waals surface area (Å²) >= 11 is 7.26. The van der Waals surface area contributed by atoms with Gasteiger partial charge in [0.05, 0.1) is 10.1 Å². The zero-order valence-corrected chi connectivity index (χ0v) is 10.4. The van der Waals surface area contributed by atoms with Gasteiger partial charge >= 0.3 is 0 Å². The van der Waals surface area contributed by atoms with E-state index in [2.05, 4.69) is 0 Å². The lowest BCUT2D eigenvalue weighted by Gasteiger charge is -2.03. The molecule has 1 rings (SSSR count). The van der Waals surface area contributed by atoms with E-state index in [0.717, 1.165) is 15.6 Å². The van der Waals surface area contributed by atoms with Crippen LogP contribution in [0.15, 0.2) is 12.1 Å². The van der Waals surface area contributed by atoms with Crippen molar-refractivity contribution < 1.29 is 4.21 Å². The van der Waals surface area contributed by atoms with Gasteiger partial charge in [-0.05, 0) is 25.5 Å². The second kappa shape index (κ2) is 5.85. The van der Waals surface area contributed by atoms with Gasteiger partial charge in [0.2, 0.25) is 0 Å². The van der Waals surface area contributed by atoms with Crippen LogP contribution in [-0.4, -0.2) is 16.0 Å². The van der Waals surface area contributed by atoms with Gasteiger partial charge in [0.25, 0.3) is 0 Å². The molecule has 0 saturated heterocycles. The van der Waals surface area contributed by atoms with Gasteiger partial charge in [0.15, 0.2) is 0 Å². The van der Waals surface area contributed by atoms with Crippen LogP contribution in [0, 0.1) is 0 Å². The van der Waals surface area contributed by atoms with Crippen LogP contribution in [0.1, 0.15) is 18.2 Å². The lowest BCUT2D eigenvalue weighted by atomic mass is 10.3. The molecule has 1 aromatic heterocycles. The fourth-order valence-corrected chi connectivity index (χ4v) is 3.68. The van der Waals surface area contributed by atoms with E-state index in [0.29, 0.717) is 11.5 Å². The maximum Gasteiger partial charge on any atom is 0.0931 e. The largest absolute Gasteiger partial charge is 0.328 e. The predicted molar refractivity (Wildman–Crippen MR) is 64.3 cm³/mol. The highest BCUT2D eigenvalue weighted by Crippen LogP contribution is 2.22. The Hall–Kier alpha value is 0.1000. The molecule has 5 heteroatoms. The van der Waals surface area contributed by atoms with Gasteiger partial charge in [0, 0.05) is 27.5 Å². The van der Waals surface area contributed by atoms with Crippen molar-refractivity contribution in [1.29, 1.82) is 0 Å². The van der Waals surface area contributed by atoms with E-state index in [-0.39, 0.29) is 6.04 Å². The molecule has 1 aromatic rings. The molecule has 0 aromatic carbocycles. The first kappa shape index (κ1) is 12.2. The van der Waals surface area contributed by atoms with Crippen molar-refractivity contribution in [3.8, 4) is 0 Å². The summed E-state index contributed by atoms with van der Waals surface area (Å²) < 4.78 is 12.3. The molecule has 0 fully saturated rings. The van der Waals surface area contributed by atoms with Gasteiger partial charge < -0.3 is 5.73 Å². The highest BCUT2D eigenvalue weighted by molar-refractivity contribution is 7.84. The molecular formula is C9H14ClNOS2. The monoisotopic (exact) mass is 251 g/mol. The molecule has 0 amide bonds. The van der Waals surface area contributed by atoms with Crippen LogP contribution in [0.5, 0.6) is 0 Å². The summed E-state index contributed by atoms with van der Waals surface area (Å²) in [6.45, 7) is 1.93. The maximum atomic E-state index is 11.5. The Bertz CT molecular complexity index is 312. The third kappa shape index (κ3) is 4.55. The Morgan fingerprint density at radius 2 is 2.36 bits per heavy atom. The van der Waals surface area contributed by atoms with Gasteiger partial charge in [-0.15, -0.1) is 11.3 Å². The molecule has 0 bridgehead atoms. The third-order valence-corrected chi connectivity index (χ3v) is 4.47. The highest BCUT2D eigenvalue weighted by atomic mass is 35.5. The van der Waals surface area contributed by atoms with Gasteiger partial charge in [-0.25, -0.2) is 0 Å². The molecule has 2 nitrogen and oxygen atoms in total. The minimum atomic E-state index is -0.806. The lowest BCUT2D eigenvalue weighted by molar-refractivity contribution is 0.667. The molecule has 0 radical (unpaired) electrons. The summed E-state index contributed by atoms with van der Waals surface area (Å²) in [5.74, 6) is 1.28. The Balaban J connectivity index is 2.34. The third-order valence-electron chi connectivity index (χ3n) is 1.73. The van der Waals surface area contributed by atoms with Crippen LogP contribution in [-0.2, 0) is 16.6 Å². The van der Waals surface area contributed by atoms with Crippen molar-refractivity contribution in [3.63, 3.8) is 0 Å². The zero-order valence-electron chi connectivity index (χ0n) is 8.03. The van der Waals surface area contributed by atoms with Gasteiger partial charge in [-0.1, -0.05) is 11.6 Å². The van der Waals surface area contributed by atoms with E-state index in [1.165, 1.54) is 11.3 Å². The molecular weight excluding hydrogens is 238 g/mol. The summed E-state index contributed by atoms with van der Waals surface area (Å²) in [5, 5.41) is 0. The molecule has 14 heavy (non-hydrogen) atoms. The average Bonchev–Trinajstić information content (AvgIpc) is 2.48. The normalized spacial score (nSPS) is 15.4. The lowest BCUT2D eigenvalue weighted by Crippen LogP contribution is -2.18. The zero-order chi connectivity index (χ0) is 10.6. The number of rotatable bonds is 5. The Morgan fingerprint density at radius 1 is 1.64 bits per heavy atom. The molecule has 0 aliphatic carbocycles. The minimum Gasteiger partial charge on any atom is -0.328 e. The van der Waals surface area contributed by atoms with Crippen molar-refractivity contribution in [2.24, 2.45) is 5.73 Å². The van der Waals surface area contributed by atoms with E-state index in [1.807, 2.05) is 19.1 Å². The predicted octanol–water partition coefficient (Wildman–Crippen LogP) is 2.39. The smallest absolute Gasteiger partial charge is 0.0931 e. The van der Waals surface area contributed by atoms with Gasteiger partial charge in [-0.2, -0.15) is 0 Å². The van der Waals surface area contributed by atoms with Gasteiger partial charge in [-0.3, -0.25) is 4.21 Å². The second-order valence-electron chi connectivity index (χ2n) is 3.26. The van der Waals surface area contributed by atoms with E-state index in [1.54, 1.807) is 0 Å². The topological polar surface area (TPSA) is 43.1 Å². The number of hydrogen-bond donors (Lipinski definition) is 1. The quantitative estimate of drug-likeness (QED) is 0.873. The fraction of sp³-hybridized carbons (Fsp3) is 0.556. The average molecular weight is 252 g/mol. The van der Waals surface area contributed by atoms with Crippen molar-refractivity contribution in [1.82, 2.24) is 0 Å². The van der Waals surface area contributed by atoms with Crippen molar-refractivity contribution in [2.45, 2.75) is 25.1 Å². The Kier molecular flexibility index (Phi) is 5.09. The molecule has 1 heterocycles. The minimum absolute atomic E-state index is 0.130. The summed E-state index contributed by atoms with van der Waals surface area (Å²) in [6, 6.07) is 3.90. The molecule has 0 spiro atoms. The second-order valence-corrected chi connectivity index (χ2v) is 6.64. The summed E-state index contributed by atoms with van der Waals surface area (Å²) in [4.78, 5) is 1.08. The number of thiophene rings is 1. The molecule has 0 aliphatic heterocycles. The van der Waals surface area contributed by atoms with Crippen LogP contribution >= 0.6 is 22.9 Å². The Morgan fingerprint density at radius 3 is 2.86 bits per heavy atom. The molecule has 0 saturated carbocycles. The van der Waals surface area contributed by atoms with Crippen LogP contribution in [0.3, 0.4) is 0 Å². The SMILES string of the molecule is CC(N)CCS(=O)Cc1ccc(Cl)s1. The highest BCUT2D eigenvalue weighted by Gasteiger charge is 2.05. The molecule has 2 unspecified atom stereocenters. The van der Waals surface area contributed by atoms with Crippen LogP contribution in [0.2, 0.25) is 4.34 Å². The summed E-state index contributed by atoms with van der Waals surface area (Å²) in [5.41, 5.74) is 5.59. The first-order valence-electron chi connectivity index (χ1n) is 4.42. The van der Waals surface area contributed by atoms with Crippen molar-refractivity contribution >= 4 is 33.7 Å². The molecule has 2 atom stereocenters. The van der Waals surface area contributed by atoms with Crippen molar-refractivity contribution in [3.05, 3.63) is 21.3 Å². The fourth-order valence-electron chi connectivity index (χ4n) is 0.977. The van der Waals surface area contributed by atoms with E-state index < -0.39 is 10.8 Å². The van der Waals surface area contributed by atoms with E-state index >= 15 is 0 Å². The number of halogens is 1. The van der Waals surface area contributed by atoms with Gasteiger partial charge in [0.1, 0.15) is 0 Å². The first-order valence-corrected chi connectivity index (χ1v) is 7.11. The van der Waals surface area contributed by atoms with Crippen molar-refractivity contribution in [2.75, 3.05) is 5.75 Å². The van der Waals surface area contributed by atoms with E-state index in [4.69, 9.17) is 17.3 Å². The molecule has 2 N–H and O–H groups in total. The summed E-state index contributed by atoms with van der Waals surface area (Å²) in [6.07, 6.45) is 0.811. The van der Waals surface area contributed by atoms with Crippen LogP contribution < -0.4 is 5.73 Å². The van der Waals surface area contributed by atoms with Crippen LogP contribution in [0.25, 0.3) is 0 Å². The number of nitrogens with two attached hydrogens (primary N) is 1.